The standard InChI is InChI=1S/C26H19ClN2/c27-25-17-24(28-26(29-25)21-8-2-1-3-9-21)20-15-13-19(14-16-20)23-12-6-10-18-7-4-5-11-22(18)23/h1-2,4-8,10-17H,3,9H2. The molecule has 3 heteroatoms. The smallest absolute Gasteiger partial charge is 0.157 e. The van der Waals surface area contributed by atoms with E-state index in [0.717, 1.165) is 35.5 Å². The lowest BCUT2D eigenvalue weighted by Crippen LogP contribution is -1.98. The van der Waals surface area contributed by atoms with Crippen molar-refractivity contribution in [2.45, 2.75) is 12.8 Å². The van der Waals surface area contributed by atoms with Crippen molar-refractivity contribution in [1.29, 1.82) is 0 Å². The number of allylic oxidation sites excluding steroid dienone is 4. The Kier molecular flexibility index (Phi) is 4.71. The Hall–Kier alpha value is -3.23. The van der Waals surface area contributed by atoms with Gasteiger partial charge in [-0.15, -0.1) is 0 Å². The third kappa shape index (κ3) is 3.59. The molecule has 3 aromatic carbocycles. The summed E-state index contributed by atoms with van der Waals surface area (Å²) in [6, 6.07) is 25.2. The van der Waals surface area contributed by atoms with Gasteiger partial charge in [0.05, 0.1) is 5.69 Å². The van der Waals surface area contributed by atoms with Crippen LogP contribution in [-0.2, 0) is 0 Å². The number of hydrogen-bond acceptors (Lipinski definition) is 2. The maximum atomic E-state index is 6.32. The highest BCUT2D eigenvalue weighted by Gasteiger charge is 2.11. The summed E-state index contributed by atoms with van der Waals surface area (Å²) in [5.41, 5.74) is 5.43. The Balaban J connectivity index is 1.53. The monoisotopic (exact) mass is 394 g/mol. The van der Waals surface area contributed by atoms with E-state index in [2.05, 4.69) is 89.9 Å². The van der Waals surface area contributed by atoms with Crippen LogP contribution in [0.15, 0.2) is 91.0 Å². The fourth-order valence-corrected chi connectivity index (χ4v) is 3.98. The van der Waals surface area contributed by atoms with Crippen molar-refractivity contribution in [3.8, 4) is 22.4 Å². The van der Waals surface area contributed by atoms with E-state index in [0.29, 0.717) is 5.15 Å². The molecular weight excluding hydrogens is 376 g/mol. The van der Waals surface area contributed by atoms with Crippen LogP contribution in [0, 0.1) is 0 Å². The van der Waals surface area contributed by atoms with Gasteiger partial charge < -0.3 is 0 Å². The van der Waals surface area contributed by atoms with Crippen LogP contribution in [0.3, 0.4) is 0 Å². The summed E-state index contributed by atoms with van der Waals surface area (Å²) >= 11 is 6.32. The summed E-state index contributed by atoms with van der Waals surface area (Å²) in [7, 11) is 0. The first-order valence-electron chi connectivity index (χ1n) is 9.77. The second-order valence-electron chi connectivity index (χ2n) is 7.16. The largest absolute Gasteiger partial charge is 0.228 e. The lowest BCUT2D eigenvalue weighted by atomic mass is 9.97. The van der Waals surface area contributed by atoms with Crippen LogP contribution in [0.1, 0.15) is 18.7 Å². The lowest BCUT2D eigenvalue weighted by Gasteiger charge is -2.11. The van der Waals surface area contributed by atoms with Gasteiger partial charge in [-0.3, -0.25) is 0 Å². The number of fused-ring (bicyclic) bond motifs is 1. The van der Waals surface area contributed by atoms with E-state index in [1.54, 1.807) is 0 Å². The van der Waals surface area contributed by atoms with E-state index in [1.165, 1.54) is 21.9 Å². The molecule has 0 N–H and O–H groups in total. The fourth-order valence-electron chi connectivity index (χ4n) is 3.80. The molecule has 2 nitrogen and oxygen atoms in total. The Morgan fingerprint density at radius 2 is 1.59 bits per heavy atom. The Morgan fingerprint density at radius 3 is 2.41 bits per heavy atom. The van der Waals surface area contributed by atoms with Gasteiger partial charge in [-0.1, -0.05) is 96.6 Å². The maximum Gasteiger partial charge on any atom is 0.157 e. The van der Waals surface area contributed by atoms with E-state index < -0.39 is 0 Å². The molecule has 4 aromatic rings. The third-order valence-electron chi connectivity index (χ3n) is 5.28. The number of benzene rings is 3. The number of nitrogens with zero attached hydrogens (tertiary/aromatic N) is 2. The van der Waals surface area contributed by atoms with Crippen molar-refractivity contribution in [1.82, 2.24) is 9.97 Å². The summed E-state index contributed by atoms with van der Waals surface area (Å²) in [5, 5.41) is 2.97. The fraction of sp³-hybridized carbons (Fsp3) is 0.0769. The molecule has 0 radical (unpaired) electrons. The number of rotatable bonds is 3. The molecule has 0 atom stereocenters. The first kappa shape index (κ1) is 17.8. The number of halogens is 1. The van der Waals surface area contributed by atoms with Crippen molar-refractivity contribution >= 4 is 27.9 Å². The van der Waals surface area contributed by atoms with Crippen molar-refractivity contribution in [2.75, 3.05) is 0 Å². The van der Waals surface area contributed by atoms with E-state index in [4.69, 9.17) is 16.6 Å². The molecule has 0 bridgehead atoms. The second kappa shape index (κ2) is 7.65. The van der Waals surface area contributed by atoms with Gasteiger partial charge in [0.1, 0.15) is 5.15 Å². The van der Waals surface area contributed by atoms with E-state index in [1.807, 2.05) is 6.07 Å². The predicted octanol–water partition coefficient (Wildman–Crippen LogP) is 7.35. The van der Waals surface area contributed by atoms with Gasteiger partial charge in [-0.2, -0.15) is 0 Å². The second-order valence-corrected chi connectivity index (χ2v) is 7.55. The molecule has 29 heavy (non-hydrogen) atoms. The zero-order valence-corrected chi connectivity index (χ0v) is 16.6. The molecule has 0 unspecified atom stereocenters. The Bertz CT molecular complexity index is 1250. The topological polar surface area (TPSA) is 25.8 Å². The molecule has 0 aliphatic heterocycles. The summed E-state index contributed by atoms with van der Waals surface area (Å²) in [6.45, 7) is 0. The first-order valence-corrected chi connectivity index (χ1v) is 10.1. The average Bonchev–Trinajstić information content (AvgIpc) is 2.79. The molecule has 0 saturated heterocycles. The van der Waals surface area contributed by atoms with Crippen LogP contribution < -0.4 is 0 Å². The van der Waals surface area contributed by atoms with Gasteiger partial charge in [0, 0.05) is 11.6 Å². The molecule has 1 aromatic heterocycles. The van der Waals surface area contributed by atoms with E-state index in [9.17, 15) is 0 Å². The minimum Gasteiger partial charge on any atom is -0.228 e. The molecule has 0 spiro atoms. The summed E-state index contributed by atoms with van der Waals surface area (Å²) in [5.74, 6) is 0.718. The van der Waals surface area contributed by atoms with Crippen LogP contribution in [-0.4, -0.2) is 9.97 Å². The van der Waals surface area contributed by atoms with Crippen molar-refractivity contribution in [2.24, 2.45) is 0 Å². The van der Waals surface area contributed by atoms with Crippen molar-refractivity contribution < 1.29 is 0 Å². The third-order valence-corrected chi connectivity index (χ3v) is 5.47. The van der Waals surface area contributed by atoms with Gasteiger partial charge in [0.2, 0.25) is 0 Å². The summed E-state index contributed by atoms with van der Waals surface area (Å²) in [4.78, 5) is 9.22. The molecular formula is C26H19ClN2. The van der Waals surface area contributed by atoms with Gasteiger partial charge >= 0.3 is 0 Å². The van der Waals surface area contributed by atoms with E-state index >= 15 is 0 Å². The Morgan fingerprint density at radius 1 is 0.793 bits per heavy atom. The molecule has 0 fully saturated rings. The number of hydrogen-bond donors (Lipinski definition) is 0. The molecule has 0 saturated carbocycles. The molecule has 5 rings (SSSR count). The van der Waals surface area contributed by atoms with Gasteiger partial charge in [-0.05, 0) is 40.3 Å². The van der Waals surface area contributed by atoms with Crippen molar-refractivity contribution in [3.05, 3.63) is 102 Å². The normalized spacial score (nSPS) is 13.5. The summed E-state index contributed by atoms with van der Waals surface area (Å²) < 4.78 is 0. The van der Waals surface area contributed by atoms with Crippen LogP contribution in [0.2, 0.25) is 5.15 Å². The zero-order valence-electron chi connectivity index (χ0n) is 15.8. The molecule has 1 aliphatic rings. The van der Waals surface area contributed by atoms with Crippen LogP contribution in [0.4, 0.5) is 0 Å². The predicted molar refractivity (Wildman–Crippen MR) is 122 cm³/mol. The minimum atomic E-state index is 0.471. The molecule has 1 aliphatic carbocycles. The first-order chi connectivity index (χ1) is 14.3. The highest BCUT2D eigenvalue weighted by atomic mass is 35.5. The molecule has 140 valence electrons. The molecule has 1 heterocycles. The van der Waals surface area contributed by atoms with E-state index in [-0.39, 0.29) is 0 Å². The van der Waals surface area contributed by atoms with Crippen molar-refractivity contribution in [3.63, 3.8) is 0 Å². The van der Waals surface area contributed by atoms with Gasteiger partial charge in [0.15, 0.2) is 5.82 Å². The van der Waals surface area contributed by atoms with Gasteiger partial charge in [-0.25, -0.2) is 9.97 Å². The summed E-state index contributed by atoms with van der Waals surface area (Å²) in [6.07, 6.45) is 8.23. The maximum absolute atomic E-state index is 6.32. The highest BCUT2D eigenvalue weighted by molar-refractivity contribution is 6.29. The quantitative estimate of drug-likeness (QED) is 0.339. The van der Waals surface area contributed by atoms with Crippen LogP contribution >= 0.6 is 11.6 Å². The van der Waals surface area contributed by atoms with Crippen LogP contribution in [0.25, 0.3) is 38.7 Å². The lowest BCUT2D eigenvalue weighted by molar-refractivity contribution is 1.01. The van der Waals surface area contributed by atoms with Crippen LogP contribution in [0.5, 0.6) is 0 Å². The van der Waals surface area contributed by atoms with Gasteiger partial charge in [0.25, 0.3) is 0 Å². The highest BCUT2D eigenvalue weighted by Crippen LogP contribution is 2.31. The molecule has 0 amide bonds. The number of aromatic nitrogens is 2. The minimum absolute atomic E-state index is 0.471. The Labute approximate surface area is 175 Å². The zero-order chi connectivity index (χ0) is 19.6. The SMILES string of the molecule is Clc1cc(-c2ccc(-c3cccc4ccccc34)cc2)nc(C2=CC=CCC2)n1. The average molecular weight is 395 g/mol.